The average Bonchev–Trinajstić information content (AvgIpc) is 3.48. The Hall–Kier alpha value is -2.65. The summed E-state index contributed by atoms with van der Waals surface area (Å²) >= 11 is 0. The zero-order chi connectivity index (χ0) is 17.6. The second-order valence-corrected chi connectivity index (χ2v) is 6.85. The maximum absolute atomic E-state index is 13.0. The van der Waals surface area contributed by atoms with E-state index in [0.29, 0.717) is 30.2 Å². The van der Waals surface area contributed by atoms with Gasteiger partial charge in [0.15, 0.2) is 0 Å². The molecule has 1 aromatic heterocycles. The minimum atomic E-state index is -0.261. The van der Waals surface area contributed by atoms with Gasteiger partial charge < -0.3 is 9.47 Å². The molecule has 2 fully saturated rings. The molecule has 128 valence electrons. The number of benzene rings is 1. The van der Waals surface area contributed by atoms with E-state index in [2.05, 4.69) is 11.0 Å². The molecule has 1 atom stereocenters. The van der Waals surface area contributed by atoms with Crippen LogP contribution in [0.1, 0.15) is 23.3 Å². The van der Waals surface area contributed by atoms with Gasteiger partial charge in [0.05, 0.1) is 12.6 Å². The van der Waals surface area contributed by atoms with E-state index in [1.165, 1.54) is 4.57 Å². The number of aromatic nitrogens is 1. The number of piperazine rings is 1. The summed E-state index contributed by atoms with van der Waals surface area (Å²) in [5.74, 6) is -0.180. The fourth-order valence-electron chi connectivity index (χ4n) is 3.66. The lowest BCUT2D eigenvalue weighted by atomic mass is 10.1. The highest BCUT2D eigenvalue weighted by Crippen LogP contribution is 2.30. The van der Waals surface area contributed by atoms with Gasteiger partial charge in [-0.3, -0.25) is 14.5 Å². The Balaban J connectivity index is 1.65. The van der Waals surface area contributed by atoms with Gasteiger partial charge in [-0.05, 0) is 30.4 Å². The molecule has 2 aliphatic rings. The first-order valence-corrected chi connectivity index (χ1v) is 8.63. The minimum Gasteiger partial charge on any atom is -0.333 e. The molecule has 0 bridgehead atoms. The highest BCUT2D eigenvalue weighted by Gasteiger charge is 2.38. The maximum atomic E-state index is 13.0. The Bertz CT molecular complexity index is 939. The van der Waals surface area contributed by atoms with E-state index in [1.54, 1.807) is 24.1 Å². The SMILES string of the molecule is Cn1c(C(=O)N2CCN(C3CC3)C(C#N)C2)cc2ccccc2c1=O. The Labute approximate surface area is 145 Å². The fraction of sp³-hybridized carbons (Fsp3) is 0.421. The molecule has 1 unspecified atom stereocenters. The first-order chi connectivity index (χ1) is 12.1. The average molecular weight is 336 g/mol. The molecular weight excluding hydrogens is 316 g/mol. The summed E-state index contributed by atoms with van der Waals surface area (Å²) in [6, 6.07) is 11.6. The van der Waals surface area contributed by atoms with Crippen molar-refractivity contribution in [1.82, 2.24) is 14.4 Å². The summed E-state index contributed by atoms with van der Waals surface area (Å²) in [6.07, 6.45) is 2.29. The maximum Gasteiger partial charge on any atom is 0.270 e. The predicted molar refractivity (Wildman–Crippen MR) is 94.2 cm³/mol. The van der Waals surface area contributed by atoms with Crippen molar-refractivity contribution in [3.8, 4) is 6.07 Å². The van der Waals surface area contributed by atoms with Crippen LogP contribution in [0.25, 0.3) is 10.8 Å². The molecule has 0 N–H and O–H groups in total. The molecule has 1 amide bonds. The van der Waals surface area contributed by atoms with Crippen molar-refractivity contribution in [3.05, 3.63) is 46.4 Å². The van der Waals surface area contributed by atoms with Crippen molar-refractivity contribution >= 4 is 16.7 Å². The van der Waals surface area contributed by atoms with Crippen molar-refractivity contribution in [2.24, 2.45) is 7.05 Å². The predicted octanol–water partition coefficient (Wildman–Crippen LogP) is 1.35. The number of carbonyl (C=O) groups excluding carboxylic acids is 1. The van der Waals surface area contributed by atoms with Crippen molar-refractivity contribution < 1.29 is 4.79 Å². The lowest BCUT2D eigenvalue weighted by Crippen LogP contribution is -2.55. The zero-order valence-corrected chi connectivity index (χ0v) is 14.2. The smallest absolute Gasteiger partial charge is 0.270 e. The third-order valence-electron chi connectivity index (χ3n) is 5.24. The first-order valence-electron chi connectivity index (χ1n) is 8.63. The number of nitrogens with zero attached hydrogens (tertiary/aromatic N) is 4. The third kappa shape index (κ3) is 2.71. The van der Waals surface area contributed by atoms with E-state index in [-0.39, 0.29) is 17.5 Å². The molecule has 1 aromatic carbocycles. The van der Waals surface area contributed by atoms with Crippen LogP contribution in [0.2, 0.25) is 0 Å². The van der Waals surface area contributed by atoms with E-state index in [1.807, 2.05) is 18.2 Å². The van der Waals surface area contributed by atoms with Gasteiger partial charge in [0, 0.05) is 31.6 Å². The van der Waals surface area contributed by atoms with Gasteiger partial charge in [0.25, 0.3) is 11.5 Å². The van der Waals surface area contributed by atoms with Crippen LogP contribution in [0.4, 0.5) is 0 Å². The van der Waals surface area contributed by atoms with E-state index in [0.717, 1.165) is 24.8 Å². The van der Waals surface area contributed by atoms with Crippen LogP contribution < -0.4 is 5.56 Å². The first kappa shape index (κ1) is 15.9. The van der Waals surface area contributed by atoms with Crippen LogP contribution in [0, 0.1) is 11.3 Å². The van der Waals surface area contributed by atoms with Crippen LogP contribution in [0.3, 0.4) is 0 Å². The topological polar surface area (TPSA) is 69.3 Å². The molecule has 1 saturated heterocycles. The summed E-state index contributed by atoms with van der Waals surface area (Å²) < 4.78 is 1.42. The highest BCUT2D eigenvalue weighted by atomic mass is 16.2. The number of carbonyl (C=O) groups is 1. The van der Waals surface area contributed by atoms with Crippen molar-refractivity contribution in [2.75, 3.05) is 19.6 Å². The molecule has 6 nitrogen and oxygen atoms in total. The van der Waals surface area contributed by atoms with Crippen LogP contribution in [0.5, 0.6) is 0 Å². The lowest BCUT2D eigenvalue weighted by molar-refractivity contribution is 0.0540. The number of fused-ring (bicyclic) bond motifs is 1. The molecule has 2 heterocycles. The minimum absolute atomic E-state index is 0.171. The number of amides is 1. The summed E-state index contributed by atoms with van der Waals surface area (Å²) in [7, 11) is 1.63. The summed E-state index contributed by atoms with van der Waals surface area (Å²) in [4.78, 5) is 29.5. The Morgan fingerprint density at radius 1 is 1.24 bits per heavy atom. The second-order valence-electron chi connectivity index (χ2n) is 6.85. The Morgan fingerprint density at radius 2 is 2.00 bits per heavy atom. The zero-order valence-electron chi connectivity index (χ0n) is 14.2. The molecule has 1 aliphatic heterocycles. The summed E-state index contributed by atoms with van der Waals surface area (Å²) in [6.45, 7) is 1.71. The number of pyridine rings is 1. The standard InChI is InChI=1S/C19H20N4O2/c1-21-17(10-13-4-2-3-5-16(13)18(21)24)19(25)22-8-9-23(14-6-7-14)15(11-20)12-22/h2-5,10,14-15H,6-9,12H2,1H3. The van der Waals surface area contributed by atoms with E-state index < -0.39 is 0 Å². The number of rotatable bonds is 2. The molecular formula is C19H20N4O2. The molecule has 4 rings (SSSR count). The molecule has 0 radical (unpaired) electrons. The van der Waals surface area contributed by atoms with Gasteiger partial charge in [-0.15, -0.1) is 0 Å². The highest BCUT2D eigenvalue weighted by molar-refractivity contribution is 5.96. The van der Waals surface area contributed by atoms with Gasteiger partial charge in [-0.1, -0.05) is 18.2 Å². The molecule has 0 spiro atoms. The second kappa shape index (κ2) is 6.01. The summed E-state index contributed by atoms with van der Waals surface area (Å²) in [5.41, 5.74) is 0.204. The van der Waals surface area contributed by atoms with Crippen molar-refractivity contribution in [2.45, 2.75) is 24.9 Å². The molecule has 6 heteroatoms. The van der Waals surface area contributed by atoms with Gasteiger partial charge in [-0.2, -0.15) is 5.26 Å². The molecule has 2 aromatic rings. The van der Waals surface area contributed by atoms with Crippen LogP contribution >= 0.6 is 0 Å². The van der Waals surface area contributed by atoms with Gasteiger partial charge >= 0.3 is 0 Å². The van der Waals surface area contributed by atoms with Crippen LogP contribution in [-0.4, -0.2) is 52.0 Å². The Morgan fingerprint density at radius 3 is 2.72 bits per heavy atom. The molecule has 1 aliphatic carbocycles. The molecule has 1 saturated carbocycles. The largest absolute Gasteiger partial charge is 0.333 e. The monoisotopic (exact) mass is 336 g/mol. The molecule has 25 heavy (non-hydrogen) atoms. The quantitative estimate of drug-likeness (QED) is 0.830. The third-order valence-corrected chi connectivity index (χ3v) is 5.24. The van der Waals surface area contributed by atoms with E-state index >= 15 is 0 Å². The number of hydrogen-bond donors (Lipinski definition) is 0. The van der Waals surface area contributed by atoms with E-state index in [9.17, 15) is 14.9 Å². The van der Waals surface area contributed by atoms with Crippen molar-refractivity contribution in [1.29, 1.82) is 5.26 Å². The van der Waals surface area contributed by atoms with Gasteiger partial charge in [-0.25, -0.2) is 0 Å². The normalized spacial score (nSPS) is 21.3. The lowest BCUT2D eigenvalue weighted by Gasteiger charge is -2.38. The van der Waals surface area contributed by atoms with Crippen molar-refractivity contribution in [3.63, 3.8) is 0 Å². The Kier molecular flexibility index (Phi) is 3.81. The number of nitriles is 1. The fourth-order valence-corrected chi connectivity index (χ4v) is 3.66. The van der Waals surface area contributed by atoms with E-state index in [4.69, 9.17) is 0 Å². The summed E-state index contributed by atoms with van der Waals surface area (Å²) in [5, 5.41) is 10.8. The van der Waals surface area contributed by atoms with Gasteiger partial charge in [0.1, 0.15) is 11.7 Å². The van der Waals surface area contributed by atoms with Gasteiger partial charge in [0.2, 0.25) is 0 Å². The van der Waals surface area contributed by atoms with Crippen LogP contribution in [-0.2, 0) is 7.05 Å². The van der Waals surface area contributed by atoms with Crippen LogP contribution in [0.15, 0.2) is 35.1 Å². The number of hydrogen-bond acceptors (Lipinski definition) is 4.